The lowest BCUT2D eigenvalue weighted by Gasteiger charge is -2.39. The van der Waals surface area contributed by atoms with Crippen molar-refractivity contribution in [1.82, 2.24) is 0 Å². The smallest absolute Gasteiger partial charge is 0.340 e. The van der Waals surface area contributed by atoms with Gasteiger partial charge in [-0.2, -0.15) is 0 Å². The molecule has 1 fully saturated rings. The fourth-order valence-electron chi connectivity index (χ4n) is 1.76. The number of anilines is 1. The Morgan fingerprint density at radius 1 is 1.41 bits per heavy atom. The van der Waals surface area contributed by atoms with Gasteiger partial charge in [0.1, 0.15) is 0 Å². The lowest BCUT2D eigenvalue weighted by atomic mass is 10.1. The Labute approximate surface area is 97.0 Å². The molecule has 2 N–H and O–H groups in total. The van der Waals surface area contributed by atoms with Crippen LogP contribution in [0.25, 0.3) is 0 Å². The van der Waals surface area contributed by atoms with Crippen molar-refractivity contribution in [3.05, 3.63) is 29.3 Å². The van der Waals surface area contributed by atoms with Crippen LogP contribution in [0.3, 0.4) is 0 Å². The van der Waals surface area contributed by atoms with E-state index in [1.807, 2.05) is 0 Å². The molecule has 1 heterocycles. The quantitative estimate of drug-likeness (QED) is 0.783. The van der Waals surface area contributed by atoms with E-state index in [1.54, 1.807) is 4.90 Å². The summed E-state index contributed by atoms with van der Waals surface area (Å²) in [5.74, 6) is -3.12. The second-order valence-electron chi connectivity index (χ2n) is 3.92. The topological polar surface area (TPSA) is 55.6 Å². The van der Waals surface area contributed by atoms with E-state index in [9.17, 15) is 13.6 Å². The van der Waals surface area contributed by atoms with E-state index < -0.39 is 23.2 Å². The number of hydrogen-bond donors (Lipinski definition) is 1. The minimum atomic E-state index is -1.19. The first-order valence-electron chi connectivity index (χ1n) is 5.11. The van der Waals surface area contributed by atoms with Crippen LogP contribution in [-0.2, 0) is 4.74 Å². The average Bonchev–Trinajstić information content (AvgIpc) is 2.28. The van der Waals surface area contributed by atoms with Gasteiger partial charge in [-0.25, -0.2) is 13.6 Å². The maximum absolute atomic E-state index is 13.7. The van der Waals surface area contributed by atoms with E-state index in [0.717, 1.165) is 7.11 Å². The number of nitrogens with zero attached hydrogens (tertiary/aromatic N) is 1. The normalized spacial score (nSPS) is 15.6. The maximum Gasteiger partial charge on any atom is 0.340 e. The molecule has 0 atom stereocenters. The van der Waals surface area contributed by atoms with E-state index in [-0.39, 0.29) is 11.7 Å². The summed E-state index contributed by atoms with van der Waals surface area (Å²) in [6, 6.07) is 2.55. The highest BCUT2D eigenvalue weighted by molar-refractivity contribution is 5.90. The fraction of sp³-hybridized carbons (Fsp3) is 0.364. The zero-order chi connectivity index (χ0) is 12.6. The van der Waals surface area contributed by atoms with Crippen LogP contribution in [0.2, 0.25) is 0 Å². The second-order valence-corrected chi connectivity index (χ2v) is 3.92. The molecule has 0 aromatic heterocycles. The van der Waals surface area contributed by atoms with Crippen molar-refractivity contribution in [1.29, 1.82) is 0 Å². The van der Waals surface area contributed by atoms with Crippen molar-refractivity contribution in [3.63, 3.8) is 0 Å². The number of carbonyl (C=O) groups excluding carboxylic acids is 1. The number of halogens is 2. The van der Waals surface area contributed by atoms with Gasteiger partial charge in [-0.15, -0.1) is 0 Å². The highest BCUT2D eigenvalue weighted by Gasteiger charge is 2.28. The summed E-state index contributed by atoms with van der Waals surface area (Å²) in [6.07, 6.45) is 0. The molecule has 0 saturated carbocycles. The van der Waals surface area contributed by atoms with Gasteiger partial charge in [-0.3, -0.25) is 0 Å². The molecule has 1 aliphatic rings. The number of methoxy groups -OCH3 is 1. The lowest BCUT2D eigenvalue weighted by Crippen LogP contribution is -2.56. The van der Waals surface area contributed by atoms with Gasteiger partial charge in [0.2, 0.25) is 0 Å². The molecule has 0 amide bonds. The summed E-state index contributed by atoms with van der Waals surface area (Å²) < 4.78 is 31.6. The van der Waals surface area contributed by atoms with Crippen molar-refractivity contribution in [3.8, 4) is 0 Å². The molecule has 0 unspecified atom stereocenters. The van der Waals surface area contributed by atoms with Crippen LogP contribution in [0.4, 0.5) is 14.5 Å². The molecule has 17 heavy (non-hydrogen) atoms. The van der Waals surface area contributed by atoms with Crippen molar-refractivity contribution >= 4 is 11.7 Å². The molecule has 0 radical (unpaired) electrons. The Morgan fingerprint density at radius 2 is 2.06 bits per heavy atom. The van der Waals surface area contributed by atoms with Crippen LogP contribution >= 0.6 is 0 Å². The Bertz CT molecular complexity index is 459. The summed E-state index contributed by atoms with van der Waals surface area (Å²) in [5, 5.41) is 0. The second kappa shape index (κ2) is 4.29. The third kappa shape index (κ3) is 1.95. The van der Waals surface area contributed by atoms with Gasteiger partial charge in [0.05, 0.1) is 18.4 Å². The van der Waals surface area contributed by atoms with Crippen LogP contribution in [0.1, 0.15) is 10.4 Å². The predicted molar refractivity (Wildman–Crippen MR) is 57.9 cm³/mol. The summed E-state index contributed by atoms with van der Waals surface area (Å²) in [5.41, 5.74) is 5.28. The molecule has 0 aliphatic carbocycles. The first kappa shape index (κ1) is 11.8. The van der Waals surface area contributed by atoms with Crippen LogP contribution in [-0.4, -0.2) is 32.2 Å². The fourth-order valence-corrected chi connectivity index (χ4v) is 1.76. The Kier molecular flexibility index (Phi) is 2.97. The highest BCUT2D eigenvalue weighted by Crippen LogP contribution is 2.27. The minimum Gasteiger partial charge on any atom is -0.465 e. The van der Waals surface area contributed by atoms with Crippen molar-refractivity contribution < 1.29 is 18.3 Å². The van der Waals surface area contributed by atoms with Gasteiger partial charge in [-0.1, -0.05) is 0 Å². The third-order valence-corrected chi connectivity index (χ3v) is 2.72. The van der Waals surface area contributed by atoms with Crippen LogP contribution in [0, 0.1) is 11.6 Å². The molecular formula is C11H12F2N2O2. The summed E-state index contributed by atoms with van der Waals surface area (Å²) in [7, 11) is 1.11. The number of ether oxygens (including phenoxy) is 1. The molecule has 1 aromatic carbocycles. The molecule has 1 aliphatic heterocycles. The van der Waals surface area contributed by atoms with Gasteiger partial charge in [0, 0.05) is 19.1 Å². The highest BCUT2D eigenvalue weighted by atomic mass is 19.2. The van der Waals surface area contributed by atoms with E-state index in [2.05, 4.69) is 4.74 Å². The molecule has 1 aromatic rings. The molecule has 1 saturated heterocycles. The van der Waals surface area contributed by atoms with E-state index in [1.165, 1.54) is 12.1 Å². The van der Waals surface area contributed by atoms with Gasteiger partial charge in [0.15, 0.2) is 11.6 Å². The Hall–Kier alpha value is -1.69. The zero-order valence-electron chi connectivity index (χ0n) is 9.24. The number of nitrogens with two attached hydrogens (primary N) is 1. The molecule has 92 valence electrons. The molecule has 6 heteroatoms. The van der Waals surface area contributed by atoms with Gasteiger partial charge >= 0.3 is 5.97 Å². The number of benzene rings is 1. The number of carbonyl (C=O) groups is 1. The summed E-state index contributed by atoms with van der Waals surface area (Å²) in [6.45, 7) is 0.960. The van der Waals surface area contributed by atoms with Crippen LogP contribution in [0.5, 0.6) is 0 Å². The van der Waals surface area contributed by atoms with Crippen molar-refractivity contribution in [2.45, 2.75) is 6.04 Å². The van der Waals surface area contributed by atoms with Gasteiger partial charge < -0.3 is 15.4 Å². The largest absolute Gasteiger partial charge is 0.465 e. The summed E-state index contributed by atoms with van der Waals surface area (Å²) >= 11 is 0. The maximum atomic E-state index is 13.7. The first-order chi connectivity index (χ1) is 8.04. The lowest BCUT2D eigenvalue weighted by molar-refractivity contribution is 0.0594. The molecule has 4 nitrogen and oxygen atoms in total. The number of rotatable bonds is 2. The van der Waals surface area contributed by atoms with E-state index >= 15 is 0 Å². The SMILES string of the molecule is COC(=O)c1ccc(N2CC(N)C2)c(F)c1F. The van der Waals surface area contributed by atoms with E-state index in [0.29, 0.717) is 13.1 Å². The standard InChI is InChI=1S/C11H12F2N2O2/c1-17-11(16)7-2-3-8(10(13)9(7)12)15-4-6(14)5-15/h2-3,6H,4-5,14H2,1H3. The van der Waals surface area contributed by atoms with Gasteiger partial charge in [-0.05, 0) is 12.1 Å². The summed E-state index contributed by atoms with van der Waals surface area (Å²) in [4.78, 5) is 12.8. The van der Waals surface area contributed by atoms with Gasteiger partial charge in [0.25, 0.3) is 0 Å². The predicted octanol–water partition coefficient (Wildman–Crippen LogP) is 0.899. The monoisotopic (exact) mass is 242 g/mol. The minimum absolute atomic E-state index is 0.0160. The molecule has 0 bridgehead atoms. The van der Waals surface area contributed by atoms with Crippen LogP contribution in [0.15, 0.2) is 12.1 Å². The van der Waals surface area contributed by atoms with Crippen molar-refractivity contribution in [2.75, 3.05) is 25.1 Å². The Morgan fingerprint density at radius 3 is 2.59 bits per heavy atom. The van der Waals surface area contributed by atoms with E-state index in [4.69, 9.17) is 5.73 Å². The van der Waals surface area contributed by atoms with Crippen molar-refractivity contribution in [2.24, 2.45) is 5.73 Å². The average molecular weight is 242 g/mol. The molecular weight excluding hydrogens is 230 g/mol. The van der Waals surface area contributed by atoms with Crippen LogP contribution < -0.4 is 10.6 Å². The number of esters is 1. The zero-order valence-corrected chi connectivity index (χ0v) is 9.24. The number of hydrogen-bond acceptors (Lipinski definition) is 4. The molecule has 0 spiro atoms. The molecule has 2 rings (SSSR count). The third-order valence-electron chi connectivity index (χ3n) is 2.72. The Balaban J connectivity index is 2.33. The first-order valence-corrected chi connectivity index (χ1v) is 5.11.